The number of rotatable bonds is 4. The average Bonchev–Trinajstić information content (AvgIpc) is 3.41. The van der Waals surface area contributed by atoms with Crippen LogP contribution in [0.15, 0.2) is 29.3 Å². The topological polar surface area (TPSA) is 51.2 Å². The van der Waals surface area contributed by atoms with Gasteiger partial charge in [0.1, 0.15) is 5.82 Å². The first-order chi connectivity index (χ1) is 14.6. The number of guanidine groups is 1. The molecule has 1 amide bonds. The first-order valence-electron chi connectivity index (χ1n) is 11.3. The van der Waals surface area contributed by atoms with Crippen LogP contribution in [0.2, 0.25) is 0 Å². The molecule has 3 fully saturated rings. The van der Waals surface area contributed by atoms with E-state index >= 15 is 0 Å². The molecule has 3 aliphatic rings. The number of nitrogens with one attached hydrogen (secondary N) is 1. The monoisotopic (exact) mass is 415 g/mol. The van der Waals surface area contributed by atoms with E-state index in [9.17, 15) is 9.18 Å². The van der Waals surface area contributed by atoms with Crippen LogP contribution >= 0.6 is 0 Å². The third-order valence-corrected chi connectivity index (χ3v) is 7.06. The van der Waals surface area contributed by atoms with Gasteiger partial charge in [0.2, 0.25) is 5.91 Å². The summed E-state index contributed by atoms with van der Waals surface area (Å²) in [5.41, 5.74) is 1.53. The minimum absolute atomic E-state index is 0.186. The fraction of sp³-hybridized carbons (Fsp3) is 0.652. The molecule has 4 rings (SSSR count). The summed E-state index contributed by atoms with van der Waals surface area (Å²) >= 11 is 0. The molecule has 1 N–H and O–H groups in total. The van der Waals surface area contributed by atoms with Crippen molar-refractivity contribution in [3.8, 4) is 0 Å². The molecular formula is C23H34FN5O. The van der Waals surface area contributed by atoms with Gasteiger partial charge >= 0.3 is 0 Å². The molecule has 164 valence electrons. The molecule has 0 atom stereocenters. The number of hydrogen-bond donors (Lipinski definition) is 1. The third-order valence-electron chi connectivity index (χ3n) is 7.06. The van der Waals surface area contributed by atoms with Crippen molar-refractivity contribution in [1.82, 2.24) is 15.1 Å². The van der Waals surface area contributed by atoms with Gasteiger partial charge in [-0.25, -0.2) is 4.39 Å². The molecule has 1 aromatic carbocycles. The van der Waals surface area contributed by atoms with Gasteiger partial charge in [-0.15, -0.1) is 0 Å². The van der Waals surface area contributed by atoms with E-state index in [1.54, 1.807) is 12.1 Å². The number of halogens is 1. The number of carbonyl (C=O) groups is 1. The van der Waals surface area contributed by atoms with E-state index in [2.05, 4.69) is 20.1 Å². The van der Waals surface area contributed by atoms with Crippen LogP contribution in [0.3, 0.4) is 0 Å². The average molecular weight is 416 g/mol. The first kappa shape index (κ1) is 20.9. The van der Waals surface area contributed by atoms with Crippen molar-refractivity contribution >= 4 is 17.6 Å². The van der Waals surface area contributed by atoms with E-state index in [4.69, 9.17) is 0 Å². The molecule has 0 bridgehead atoms. The van der Waals surface area contributed by atoms with Gasteiger partial charge < -0.3 is 20.0 Å². The second-order valence-corrected chi connectivity index (χ2v) is 8.95. The zero-order valence-electron chi connectivity index (χ0n) is 18.1. The fourth-order valence-electron chi connectivity index (χ4n) is 5.29. The Bertz CT molecular complexity index is 751. The van der Waals surface area contributed by atoms with Crippen molar-refractivity contribution in [2.75, 3.05) is 57.8 Å². The number of aliphatic imine (C=N–C) groups is 1. The normalized spacial score (nSPS) is 21.5. The van der Waals surface area contributed by atoms with Gasteiger partial charge in [-0.2, -0.15) is 0 Å². The lowest BCUT2D eigenvalue weighted by Crippen LogP contribution is -2.49. The molecule has 2 heterocycles. The molecule has 1 aromatic rings. The number of anilines is 1. The summed E-state index contributed by atoms with van der Waals surface area (Å²) in [5, 5.41) is 3.41. The maximum Gasteiger partial charge on any atom is 0.224 e. The van der Waals surface area contributed by atoms with Gasteiger partial charge in [0.15, 0.2) is 5.96 Å². The van der Waals surface area contributed by atoms with Crippen LogP contribution in [0.1, 0.15) is 38.5 Å². The molecular weight excluding hydrogens is 381 g/mol. The second kappa shape index (κ2) is 9.23. The molecule has 1 saturated carbocycles. The van der Waals surface area contributed by atoms with E-state index in [0.717, 1.165) is 37.8 Å². The van der Waals surface area contributed by atoms with E-state index in [0.29, 0.717) is 31.5 Å². The van der Waals surface area contributed by atoms with Gasteiger partial charge in [-0.1, -0.05) is 12.8 Å². The number of amides is 1. The Morgan fingerprint density at radius 2 is 1.73 bits per heavy atom. The molecule has 30 heavy (non-hydrogen) atoms. The van der Waals surface area contributed by atoms with Crippen LogP contribution < -0.4 is 10.2 Å². The highest BCUT2D eigenvalue weighted by Gasteiger charge is 2.41. The quantitative estimate of drug-likeness (QED) is 0.607. The van der Waals surface area contributed by atoms with E-state index in [1.165, 1.54) is 44.2 Å². The highest BCUT2D eigenvalue weighted by Crippen LogP contribution is 2.45. The summed E-state index contributed by atoms with van der Waals surface area (Å²) in [4.78, 5) is 23.6. The minimum atomic E-state index is -0.220. The molecule has 6 nitrogen and oxygen atoms in total. The van der Waals surface area contributed by atoms with Crippen LogP contribution in [0, 0.1) is 11.2 Å². The number of hydrogen-bond acceptors (Lipinski definition) is 3. The van der Waals surface area contributed by atoms with Crippen molar-refractivity contribution in [2.45, 2.75) is 38.5 Å². The number of nitrogens with zero attached hydrogens (tertiary/aromatic N) is 4. The fourth-order valence-corrected chi connectivity index (χ4v) is 5.29. The predicted molar refractivity (Wildman–Crippen MR) is 118 cm³/mol. The number of likely N-dealkylation sites (tertiary alicyclic amines) is 1. The van der Waals surface area contributed by atoms with Crippen LogP contribution in [0.4, 0.5) is 10.1 Å². The van der Waals surface area contributed by atoms with Gasteiger partial charge in [-0.3, -0.25) is 9.79 Å². The molecule has 7 heteroatoms. The van der Waals surface area contributed by atoms with E-state index in [-0.39, 0.29) is 11.7 Å². The lowest BCUT2D eigenvalue weighted by atomic mass is 9.86. The molecule has 2 aliphatic heterocycles. The number of piperazine rings is 1. The maximum absolute atomic E-state index is 13.1. The lowest BCUT2D eigenvalue weighted by molar-refractivity contribution is -0.131. The van der Waals surface area contributed by atoms with E-state index < -0.39 is 0 Å². The Hall–Kier alpha value is -2.31. The molecule has 0 radical (unpaired) electrons. The SMILES string of the molecule is CN=C(NCCC(=O)N1CCN(c2ccc(F)cc2)CC1)N1CCC2(CCCC2)C1. The highest BCUT2D eigenvalue weighted by atomic mass is 19.1. The first-order valence-corrected chi connectivity index (χ1v) is 11.3. The van der Waals surface area contributed by atoms with Gasteiger partial charge in [-0.05, 0) is 48.9 Å². The zero-order chi connectivity index (χ0) is 21.0. The van der Waals surface area contributed by atoms with Gasteiger partial charge in [0.05, 0.1) is 0 Å². The predicted octanol–water partition coefficient (Wildman–Crippen LogP) is 2.71. The summed E-state index contributed by atoms with van der Waals surface area (Å²) in [6.45, 7) is 5.77. The van der Waals surface area contributed by atoms with Crippen LogP contribution in [0.5, 0.6) is 0 Å². The Kier molecular flexibility index (Phi) is 6.44. The van der Waals surface area contributed by atoms with Gasteiger partial charge in [0, 0.05) is 65.0 Å². The van der Waals surface area contributed by atoms with Crippen LogP contribution in [-0.4, -0.2) is 74.5 Å². The Balaban J connectivity index is 1.19. The summed E-state index contributed by atoms with van der Waals surface area (Å²) < 4.78 is 13.1. The van der Waals surface area contributed by atoms with Crippen molar-refractivity contribution in [1.29, 1.82) is 0 Å². The summed E-state index contributed by atoms with van der Waals surface area (Å²) in [6, 6.07) is 6.58. The van der Waals surface area contributed by atoms with Gasteiger partial charge in [0.25, 0.3) is 0 Å². The van der Waals surface area contributed by atoms with Crippen molar-refractivity contribution in [3.05, 3.63) is 30.1 Å². The molecule has 2 saturated heterocycles. The van der Waals surface area contributed by atoms with Crippen molar-refractivity contribution < 1.29 is 9.18 Å². The van der Waals surface area contributed by atoms with Crippen LogP contribution in [-0.2, 0) is 4.79 Å². The Labute approximate surface area is 179 Å². The van der Waals surface area contributed by atoms with Crippen LogP contribution in [0.25, 0.3) is 0 Å². The van der Waals surface area contributed by atoms with E-state index in [1.807, 2.05) is 11.9 Å². The zero-order valence-corrected chi connectivity index (χ0v) is 18.1. The number of carbonyl (C=O) groups excluding carboxylic acids is 1. The third kappa shape index (κ3) is 4.71. The summed E-state index contributed by atoms with van der Waals surface area (Å²) in [5.74, 6) is 0.903. The lowest BCUT2D eigenvalue weighted by Gasteiger charge is -2.36. The Morgan fingerprint density at radius 3 is 2.40 bits per heavy atom. The largest absolute Gasteiger partial charge is 0.368 e. The van der Waals surface area contributed by atoms with Crippen molar-refractivity contribution in [3.63, 3.8) is 0 Å². The number of benzene rings is 1. The summed E-state index contributed by atoms with van der Waals surface area (Å²) in [7, 11) is 1.83. The molecule has 1 spiro atoms. The summed E-state index contributed by atoms with van der Waals surface area (Å²) in [6.07, 6.45) is 7.18. The maximum atomic E-state index is 13.1. The van der Waals surface area contributed by atoms with Crippen molar-refractivity contribution in [2.24, 2.45) is 10.4 Å². The highest BCUT2D eigenvalue weighted by molar-refractivity contribution is 5.81. The smallest absolute Gasteiger partial charge is 0.224 e. The Morgan fingerprint density at radius 1 is 1.03 bits per heavy atom. The second-order valence-electron chi connectivity index (χ2n) is 8.95. The molecule has 1 aliphatic carbocycles. The molecule has 0 unspecified atom stereocenters. The standard InChI is InChI=1S/C23H34FN5O/c1-25-22(29-13-11-23(18-29)9-2-3-10-23)26-12-8-21(30)28-16-14-27(15-17-28)20-6-4-19(24)5-7-20/h4-7H,2-3,8-18H2,1H3,(H,25,26). The molecule has 0 aromatic heterocycles. The minimum Gasteiger partial charge on any atom is -0.368 e.